The first kappa shape index (κ1) is 10.5. The molecule has 0 radical (unpaired) electrons. The predicted molar refractivity (Wildman–Crippen MR) is 50.0 cm³/mol. The Bertz CT molecular complexity index is 214. The number of esters is 1. The van der Waals surface area contributed by atoms with E-state index in [4.69, 9.17) is 16.2 Å². The average Bonchev–Trinajstić information content (AvgIpc) is 1.80. The lowest BCUT2D eigenvalue weighted by Crippen LogP contribution is -2.64. The van der Waals surface area contributed by atoms with Crippen molar-refractivity contribution in [1.29, 1.82) is 0 Å². The van der Waals surface area contributed by atoms with Crippen molar-refractivity contribution in [3.05, 3.63) is 0 Å². The van der Waals surface area contributed by atoms with E-state index in [1.165, 1.54) is 0 Å². The SMILES string of the molecule is CC(C)(C)OC(=O)C1(N)CC(N)C1. The van der Waals surface area contributed by atoms with Gasteiger partial charge in [-0.15, -0.1) is 0 Å². The summed E-state index contributed by atoms with van der Waals surface area (Å²) < 4.78 is 5.17. The van der Waals surface area contributed by atoms with Crippen molar-refractivity contribution in [3.8, 4) is 0 Å². The molecule has 0 spiro atoms. The van der Waals surface area contributed by atoms with Gasteiger partial charge in [0.2, 0.25) is 0 Å². The Morgan fingerprint density at radius 1 is 1.46 bits per heavy atom. The molecule has 0 heterocycles. The van der Waals surface area contributed by atoms with Gasteiger partial charge in [0.15, 0.2) is 0 Å². The fourth-order valence-electron chi connectivity index (χ4n) is 1.42. The molecule has 0 aliphatic heterocycles. The van der Waals surface area contributed by atoms with Crippen LogP contribution in [0.3, 0.4) is 0 Å². The molecule has 0 unspecified atom stereocenters. The number of hydrogen-bond donors (Lipinski definition) is 2. The first-order valence-corrected chi connectivity index (χ1v) is 4.51. The summed E-state index contributed by atoms with van der Waals surface area (Å²) >= 11 is 0. The molecular weight excluding hydrogens is 168 g/mol. The van der Waals surface area contributed by atoms with Crippen LogP contribution in [0, 0.1) is 0 Å². The van der Waals surface area contributed by atoms with Gasteiger partial charge in [-0.05, 0) is 33.6 Å². The van der Waals surface area contributed by atoms with Crippen molar-refractivity contribution in [2.75, 3.05) is 0 Å². The molecule has 0 aromatic heterocycles. The van der Waals surface area contributed by atoms with E-state index in [0.717, 1.165) is 0 Å². The Morgan fingerprint density at radius 2 is 1.92 bits per heavy atom. The van der Waals surface area contributed by atoms with E-state index >= 15 is 0 Å². The van der Waals surface area contributed by atoms with E-state index < -0.39 is 11.1 Å². The predicted octanol–water partition coefficient (Wildman–Crippen LogP) is 0.147. The zero-order valence-corrected chi connectivity index (χ0v) is 8.46. The summed E-state index contributed by atoms with van der Waals surface area (Å²) in [6, 6.07) is 0.0533. The van der Waals surface area contributed by atoms with Crippen LogP contribution >= 0.6 is 0 Å². The van der Waals surface area contributed by atoms with Crippen LogP contribution in [0.5, 0.6) is 0 Å². The van der Waals surface area contributed by atoms with Gasteiger partial charge < -0.3 is 16.2 Å². The Labute approximate surface area is 78.6 Å². The maximum Gasteiger partial charge on any atom is 0.326 e. The van der Waals surface area contributed by atoms with Gasteiger partial charge in [0.05, 0.1) is 0 Å². The molecule has 4 N–H and O–H groups in total. The number of rotatable bonds is 1. The molecule has 13 heavy (non-hydrogen) atoms. The minimum Gasteiger partial charge on any atom is -0.459 e. The van der Waals surface area contributed by atoms with Gasteiger partial charge in [0, 0.05) is 6.04 Å². The van der Waals surface area contributed by atoms with Gasteiger partial charge in [0.1, 0.15) is 11.1 Å². The fraction of sp³-hybridized carbons (Fsp3) is 0.889. The first-order chi connectivity index (χ1) is 5.73. The van der Waals surface area contributed by atoms with Crippen LogP contribution in [-0.2, 0) is 9.53 Å². The summed E-state index contributed by atoms with van der Waals surface area (Å²) in [6.07, 6.45) is 1.06. The van der Waals surface area contributed by atoms with Crippen LogP contribution in [-0.4, -0.2) is 23.2 Å². The summed E-state index contributed by atoms with van der Waals surface area (Å²) in [7, 11) is 0. The van der Waals surface area contributed by atoms with E-state index in [1.807, 2.05) is 20.8 Å². The van der Waals surface area contributed by atoms with Crippen molar-refractivity contribution in [2.45, 2.75) is 50.8 Å². The maximum atomic E-state index is 11.5. The van der Waals surface area contributed by atoms with E-state index in [1.54, 1.807) is 0 Å². The molecule has 1 saturated carbocycles. The second-order valence-electron chi connectivity index (χ2n) is 4.83. The number of carbonyl (C=O) groups is 1. The second-order valence-corrected chi connectivity index (χ2v) is 4.83. The van der Waals surface area contributed by atoms with Gasteiger partial charge in [0.25, 0.3) is 0 Å². The highest BCUT2D eigenvalue weighted by Crippen LogP contribution is 2.30. The normalized spacial score (nSPS) is 33.8. The molecule has 1 fully saturated rings. The van der Waals surface area contributed by atoms with Crippen molar-refractivity contribution in [2.24, 2.45) is 11.5 Å². The summed E-state index contributed by atoms with van der Waals surface area (Å²) in [5.41, 5.74) is 10.1. The van der Waals surface area contributed by atoms with E-state index in [9.17, 15) is 4.79 Å². The Morgan fingerprint density at radius 3 is 2.23 bits per heavy atom. The van der Waals surface area contributed by atoms with Crippen LogP contribution in [0.4, 0.5) is 0 Å². The number of carbonyl (C=O) groups excluding carboxylic acids is 1. The lowest BCUT2D eigenvalue weighted by molar-refractivity contribution is -0.165. The Kier molecular flexibility index (Phi) is 2.38. The van der Waals surface area contributed by atoms with Crippen molar-refractivity contribution in [3.63, 3.8) is 0 Å². The highest BCUT2D eigenvalue weighted by atomic mass is 16.6. The lowest BCUT2D eigenvalue weighted by Gasteiger charge is -2.41. The van der Waals surface area contributed by atoms with Crippen molar-refractivity contribution >= 4 is 5.97 Å². The third-order valence-electron chi connectivity index (χ3n) is 2.06. The molecule has 4 nitrogen and oxygen atoms in total. The third-order valence-corrected chi connectivity index (χ3v) is 2.06. The smallest absolute Gasteiger partial charge is 0.326 e. The minimum atomic E-state index is -0.827. The van der Waals surface area contributed by atoms with E-state index in [-0.39, 0.29) is 12.0 Å². The summed E-state index contributed by atoms with van der Waals surface area (Å²) in [6.45, 7) is 5.48. The highest BCUT2D eigenvalue weighted by molar-refractivity contribution is 5.82. The standard InChI is InChI=1S/C9H18N2O2/c1-8(2,3)13-7(12)9(11)4-6(10)5-9/h6H,4-5,10-11H2,1-3H3. The molecule has 76 valence electrons. The van der Waals surface area contributed by atoms with Crippen LogP contribution in [0.25, 0.3) is 0 Å². The van der Waals surface area contributed by atoms with Crippen molar-refractivity contribution < 1.29 is 9.53 Å². The monoisotopic (exact) mass is 186 g/mol. The summed E-state index contributed by atoms with van der Waals surface area (Å²) in [5, 5.41) is 0. The largest absolute Gasteiger partial charge is 0.459 e. The minimum absolute atomic E-state index is 0.0533. The molecule has 0 aromatic carbocycles. The van der Waals surface area contributed by atoms with Gasteiger partial charge in [-0.1, -0.05) is 0 Å². The molecule has 0 amide bonds. The van der Waals surface area contributed by atoms with Crippen LogP contribution < -0.4 is 11.5 Å². The summed E-state index contributed by atoms with van der Waals surface area (Å²) in [5.74, 6) is -0.332. The molecule has 0 aromatic rings. The van der Waals surface area contributed by atoms with Gasteiger partial charge >= 0.3 is 5.97 Å². The topological polar surface area (TPSA) is 78.3 Å². The number of ether oxygens (including phenoxy) is 1. The lowest BCUT2D eigenvalue weighted by atomic mass is 9.74. The maximum absolute atomic E-state index is 11.5. The number of hydrogen-bond acceptors (Lipinski definition) is 4. The quantitative estimate of drug-likeness (QED) is 0.571. The highest BCUT2D eigenvalue weighted by Gasteiger charge is 2.47. The van der Waals surface area contributed by atoms with E-state index in [2.05, 4.69) is 0 Å². The first-order valence-electron chi connectivity index (χ1n) is 4.51. The van der Waals surface area contributed by atoms with Crippen LogP contribution in [0.2, 0.25) is 0 Å². The summed E-state index contributed by atoms with van der Waals surface area (Å²) in [4.78, 5) is 11.5. The zero-order valence-electron chi connectivity index (χ0n) is 8.46. The Balaban J connectivity index is 2.50. The number of nitrogens with two attached hydrogens (primary N) is 2. The molecule has 4 heteroatoms. The van der Waals surface area contributed by atoms with Gasteiger partial charge in [-0.25, -0.2) is 0 Å². The van der Waals surface area contributed by atoms with Gasteiger partial charge in [-0.2, -0.15) is 0 Å². The second kappa shape index (κ2) is 2.96. The van der Waals surface area contributed by atoms with E-state index in [0.29, 0.717) is 12.8 Å². The average molecular weight is 186 g/mol. The molecule has 1 aliphatic carbocycles. The Hall–Kier alpha value is -0.610. The molecule has 1 aliphatic rings. The van der Waals surface area contributed by atoms with Crippen molar-refractivity contribution in [1.82, 2.24) is 0 Å². The zero-order chi connectivity index (χ0) is 10.3. The molecule has 0 bridgehead atoms. The third kappa shape index (κ3) is 2.42. The molecule has 0 saturated heterocycles. The van der Waals surface area contributed by atoms with Gasteiger partial charge in [-0.3, -0.25) is 4.79 Å². The van der Waals surface area contributed by atoms with Crippen LogP contribution in [0.15, 0.2) is 0 Å². The molecular formula is C9H18N2O2. The molecule has 1 rings (SSSR count). The fourth-order valence-corrected chi connectivity index (χ4v) is 1.42. The van der Waals surface area contributed by atoms with Crippen LogP contribution in [0.1, 0.15) is 33.6 Å². The molecule has 0 atom stereocenters.